The van der Waals surface area contributed by atoms with E-state index in [9.17, 15) is 4.79 Å². The number of hydrogen-bond donors (Lipinski definition) is 1. The highest BCUT2D eigenvalue weighted by Gasteiger charge is 2.24. The van der Waals surface area contributed by atoms with Gasteiger partial charge in [0.2, 0.25) is 11.8 Å². The molecule has 1 saturated heterocycles. The number of nitrogens with zero attached hydrogens (tertiary/aromatic N) is 2. The van der Waals surface area contributed by atoms with Crippen LogP contribution in [0.3, 0.4) is 0 Å². The molecule has 0 saturated carbocycles. The quantitative estimate of drug-likeness (QED) is 0.846. The van der Waals surface area contributed by atoms with Crippen LogP contribution in [0.25, 0.3) is 0 Å². The number of aryl methyl sites for hydroxylation is 2. The molecule has 2 heterocycles. The molecule has 0 radical (unpaired) electrons. The van der Waals surface area contributed by atoms with Crippen LogP contribution in [0.4, 0.5) is 6.01 Å². The van der Waals surface area contributed by atoms with Crippen molar-refractivity contribution in [3.8, 4) is 0 Å². The maximum atomic E-state index is 12.0. The van der Waals surface area contributed by atoms with Gasteiger partial charge < -0.3 is 9.15 Å². The van der Waals surface area contributed by atoms with Crippen molar-refractivity contribution in [1.29, 1.82) is 0 Å². The fourth-order valence-corrected chi connectivity index (χ4v) is 3.09. The van der Waals surface area contributed by atoms with E-state index in [1.807, 2.05) is 6.07 Å². The molecule has 0 bridgehead atoms. The third-order valence-corrected chi connectivity index (χ3v) is 4.73. The molecule has 3 rings (SSSR count). The van der Waals surface area contributed by atoms with Gasteiger partial charge in [0.25, 0.3) is 0 Å². The van der Waals surface area contributed by atoms with Crippen LogP contribution < -0.4 is 5.32 Å². The number of amides is 1. The minimum atomic E-state index is -0.171. The molecule has 1 aromatic carbocycles. The van der Waals surface area contributed by atoms with Gasteiger partial charge in [0.15, 0.2) is 0 Å². The molecule has 1 aliphatic heterocycles. The third-order valence-electron chi connectivity index (χ3n) is 3.74. The van der Waals surface area contributed by atoms with Crippen LogP contribution in [0.15, 0.2) is 27.5 Å². The lowest BCUT2D eigenvalue weighted by Crippen LogP contribution is -2.14. The fraction of sp³-hybridized carbons (Fsp3) is 0.438. The number of carbonyl (C=O) groups excluding carboxylic acids is 1. The van der Waals surface area contributed by atoms with Crippen molar-refractivity contribution in [3.63, 3.8) is 0 Å². The molecule has 1 fully saturated rings. The molecular formula is C16H19N3O3S. The average Bonchev–Trinajstić information content (AvgIpc) is 3.19. The van der Waals surface area contributed by atoms with E-state index in [1.165, 1.54) is 22.9 Å². The second-order valence-corrected chi connectivity index (χ2v) is 6.58. The maximum absolute atomic E-state index is 12.0. The van der Waals surface area contributed by atoms with Crippen LogP contribution in [-0.2, 0) is 9.53 Å². The van der Waals surface area contributed by atoms with Crippen LogP contribution in [0.1, 0.15) is 36.0 Å². The summed E-state index contributed by atoms with van der Waals surface area (Å²) in [6, 6.07) is 6.28. The standard InChI is InChI=1S/C16H19N3O3S/c1-10-5-6-12(8-11(10)2)23-9-14(20)17-16-19-18-15(22-16)13-4-3-7-21-13/h5-6,8,13H,3-4,7,9H2,1-2H3,(H,17,19,20)/t13-/m1/s1. The molecule has 7 heteroatoms. The summed E-state index contributed by atoms with van der Waals surface area (Å²) >= 11 is 1.48. The first-order valence-corrected chi connectivity index (χ1v) is 8.55. The average molecular weight is 333 g/mol. The van der Waals surface area contributed by atoms with Gasteiger partial charge in [-0.2, -0.15) is 0 Å². The summed E-state index contributed by atoms with van der Waals surface area (Å²) in [6.07, 6.45) is 1.72. The first-order chi connectivity index (χ1) is 11.1. The Morgan fingerprint density at radius 2 is 2.22 bits per heavy atom. The van der Waals surface area contributed by atoms with Gasteiger partial charge in [-0.05, 0) is 49.9 Å². The van der Waals surface area contributed by atoms with E-state index >= 15 is 0 Å². The maximum Gasteiger partial charge on any atom is 0.322 e. The predicted molar refractivity (Wildman–Crippen MR) is 87.5 cm³/mol. The Labute approximate surface area is 139 Å². The molecule has 0 aliphatic carbocycles. The number of carbonyl (C=O) groups is 1. The first kappa shape index (κ1) is 16.0. The molecule has 1 aliphatic rings. The molecule has 1 atom stereocenters. The van der Waals surface area contributed by atoms with Gasteiger partial charge in [-0.25, -0.2) is 0 Å². The molecule has 6 nitrogen and oxygen atoms in total. The topological polar surface area (TPSA) is 77.2 Å². The molecule has 0 unspecified atom stereocenters. The Bertz CT molecular complexity index is 696. The second-order valence-electron chi connectivity index (χ2n) is 5.53. The normalized spacial score (nSPS) is 17.4. The van der Waals surface area contributed by atoms with Crippen LogP contribution >= 0.6 is 11.8 Å². The van der Waals surface area contributed by atoms with Crippen LogP contribution in [0.2, 0.25) is 0 Å². The summed E-state index contributed by atoms with van der Waals surface area (Å²) in [4.78, 5) is 13.0. The number of benzene rings is 1. The molecule has 1 aromatic heterocycles. The number of rotatable bonds is 5. The lowest BCUT2D eigenvalue weighted by atomic mass is 10.1. The SMILES string of the molecule is Cc1ccc(SCC(=O)Nc2nnc([C@H]3CCCO3)o2)cc1C. The van der Waals surface area contributed by atoms with E-state index < -0.39 is 0 Å². The molecule has 1 N–H and O–H groups in total. The molecule has 122 valence electrons. The second kappa shape index (κ2) is 7.14. The largest absolute Gasteiger partial charge is 0.405 e. The zero-order valence-corrected chi connectivity index (χ0v) is 14.0. The third kappa shape index (κ3) is 4.11. The summed E-state index contributed by atoms with van der Waals surface area (Å²) < 4.78 is 10.9. The molecule has 1 amide bonds. The van der Waals surface area contributed by atoms with Gasteiger partial charge in [0, 0.05) is 11.5 Å². The van der Waals surface area contributed by atoms with Gasteiger partial charge in [0.1, 0.15) is 6.10 Å². The number of nitrogens with one attached hydrogen (secondary N) is 1. The smallest absolute Gasteiger partial charge is 0.322 e. The first-order valence-electron chi connectivity index (χ1n) is 7.57. The number of aromatic nitrogens is 2. The number of thioether (sulfide) groups is 1. The number of ether oxygens (including phenoxy) is 1. The van der Waals surface area contributed by atoms with Gasteiger partial charge >= 0.3 is 6.01 Å². The van der Waals surface area contributed by atoms with E-state index in [1.54, 1.807) is 0 Å². The summed E-state index contributed by atoms with van der Waals surface area (Å²) in [6.45, 7) is 4.84. The highest BCUT2D eigenvalue weighted by molar-refractivity contribution is 8.00. The Balaban J connectivity index is 1.51. The Kier molecular flexibility index (Phi) is 4.97. The summed E-state index contributed by atoms with van der Waals surface area (Å²) in [5, 5.41) is 10.4. The van der Waals surface area contributed by atoms with Crippen LogP contribution in [0.5, 0.6) is 0 Å². The molecular weight excluding hydrogens is 314 g/mol. The van der Waals surface area contributed by atoms with Crippen molar-refractivity contribution in [3.05, 3.63) is 35.2 Å². The molecule has 2 aromatic rings. The lowest BCUT2D eigenvalue weighted by Gasteiger charge is -2.05. The zero-order valence-electron chi connectivity index (χ0n) is 13.2. The minimum Gasteiger partial charge on any atom is -0.405 e. The van der Waals surface area contributed by atoms with Crippen molar-refractivity contribution < 1.29 is 13.9 Å². The zero-order chi connectivity index (χ0) is 16.2. The van der Waals surface area contributed by atoms with E-state index in [-0.39, 0.29) is 18.0 Å². The Hall–Kier alpha value is -1.86. The lowest BCUT2D eigenvalue weighted by molar-refractivity contribution is -0.113. The Morgan fingerprint density at radius 3 is 2.96 bits per heavy atom. The number of anilines is 1. The fourth-order valence-electron chi connectivity index (χ4n) is 2.30. The van der Waals surface area contributed by atoms with Crippen molar-refractivity contribution in [2.75, 3.05) is 17.7 Å². The van der Waals surface area contributed by atoms with Crippen molar-refractivity contribution in [2.24, 2.45) is 0 Å². The van der Waals surface area contributed by atoms with Crippen molar-refractivity contribution in [1.82, 2.24) is 10.2 Å². The minimum absolute atomic E-state index is 0.126. The van der Waals surface area contributed by atoms with Crippen molar-refractivity contribution >= 4 is 23.7 Å². The summed E-state index contributed by atoms with van der Waals surface area (Å²) in [7, 11) is 0. The van der Waals surface area contributed by atoms with Gasteiger partial charge in [-0.3, -0.25) is 10.1 Å². The molecule has 0 spiro atoms. The molecule has 23 heavy (non-hydrogen) atoms. The van der Waals surface area contributed by atoms with Gasteiger partial charge in [-0.1, -0.05) is 11.2 Å². The van der Waals surface area contributed by atoms with E-state index in [0.29, 0.717) is 18.3 Å². The van der Waals surface area contributed by atoms with Crippen LogP contribution in [0, 0.1) is 13.8 Å². The van der Waals surface area contributed by atoms with Crippen molar-refractivity contribution in [2.45, 2.75) is 37.7 Å². The van der Waals surface area contributed by atoms with E-state index in [4.69, 9.17) is 9.15 Å². The van der Waals surface area contributed by atoms with E-state index in [2.05, 4.69) is 41.5 Å². The van der Waals surface area contributed by atoms with Gasteiger partial charge in [0.05, 0.1) is 5.75 Å². The highest BCUT2D eigenvalue weighted by atomic mass is 32.2. The van der Waals surface area contributed by atoms with E-state index in [0.717, 1.165) is 17.7 Å². The number of hydrogen-bond acceptors (Lipinski definition) is 6. The summed E-state index contributed by atoms with van der Waals surface area (Å²) in [5.41, 5.74) is 2.46. The highest BCUT2D eigenvalue weighted by Crippen LogP contribution is 2.28. The summed E-state index contributed by atoms with van der Waals surface area (Å²) in [5.74, 6) is 0.551. The predicted octanol–water partition coefficient (Wildman–Crippen LogP) is 3.27. The monoisotopic (exact) mass is 333 g/mol. The Morgan fingerprint density at radius 1 is 1.35 bits per heavy atom. The van der Waals surface area contributed by atoms with Crippen LogP contribution in [-0.4, -0.2) is 28.5 Å². The van der Waals surface area contributed by atoms with Gasteiger partial charge in [-0.15, -0.1) is 16.9 Å².